The molecule has 0 fully saturated rings. The quantitative estimate of drug-likeness (QED) is 0.623. The molecule has 0 bridgehead atoms. The van der Waals surface area contributed by atoms with Crippen LogP contribution in [0.1, 0.15) is 15.9 Å². The monoisotopic (exact) mass is 236 g/mol. The predicted octanol–water partition coefficient (Wildman–Crippen LogP) is 4.22. The highest BCUT2D eigenvalue weighted by atomic mass is 16.3. The molecule has 0 saturated carbocycles. The van der Waals surface area contributed by atoms with Crippen molar-refractivity contribution in [3.05, 3.63) is 59.7 Å². The lowest BCUT2D eigenvalue weighted by molar-refractivity contribution is 0.112. The van der Waals surface area contributed by atoms with Crippen LogP contribution in [0, 0.1) is 6.92 Å². The van der Waals surface area contributed by atoms with E-state index in [4.69, 9.17) is 4.42 Å². The number of hydrogen-bond acceptors (Lipinski definition) is 2. The number of rotatable bonds is 2. The summed E-state index contributed by atoms with van der Waals surface area (Å²) in [5.41, 5.74) is 3.71. The van der Waals surface area contributed by atoms with Crippen LogP contribution in [0.15, 0.2) is 52.9 Å². The van der Waals surface area contributed by atoms with Crippen LogP contribution < -0.4 is 0 Å². The normalized spacial score (nSPS) is 10.7. The van der Waals surface area contributed by atoms with Crippen molar-refractivity contribution in [2.24, 2.45) is 0 Å². The second-order valence-corrected chi connectivity index (χ2v) is 4.34. The van der Waals surface area contributed by atoms with E-state index in [9.17, 15) is 4.79 Å². The molecule has 2 heteroatoms. The Morgan fingerprint density at radius 2 is 1.83 bits per heavy atom. The van der Waals surface area contributed by atoms with E-state index in [0.717, 1.165) is 34.1 Å². The summed E-state index contributed by atoms with van der Waals surface area (Å²) in [5, 5.41) is 1.10. The molecule has 3 aromatic rings. The first-order valence-electron chi connectivity index (χ1n) is 5.83. The molecule has 0 spiro atoms. The molecule has 0 aliphatic rings. The van der Waals surface area contributed by atoms with E-state index < -0.39 is 0 Å². The Labute approximate surface area is 105 Å². The third kappa shape index (κ3) is 1.72. The molecule has 0 atom stereocenters. The minimum absolute atomic E-state index is 0.672. The summed E-state index contributed by atoms with van der Waals surface area (Å²) in [7, 11) is 0. The largest absolute Gasteiger partial charge is 0.456 e. The van der Waals surface area contributed by atoms with Crippen molar-refractivity contribution in [1.29, 1.82) is 0 Å². The predicted molar refractivity (Wildman–Crippen MR) is 71.8 cm³/mol. The fourth-order valence-electron chi connectivity index (χ4n) is 2.08. The molecule has 3 rings (SSSR count). The van der Waals surface area contributed by atoms with Gasteiger partial charge in [0.05, 0.1) is 0 Å². The van der Waals surface area contributed by atoms with Crippen molar-refractivity contribution in [3.8, 4) is 11.3 Å². The zero-order valence-corrected chi connectivity index (χ0v) is 10.0. The topological polar surface area (TPSA) is 30.2 Å². The highest BCUT2D eigenvalue weighted by Gasteiger charge is 2.07. The van der Waals surface area contributed by atoms with Crippen LogP contribution in [-0.4, -0.2) is 6.29 Å². The van der Waals surface area contributed by atoms with Gasteiger partial charge in [0.15, 0.2) is 0 Å². The molecule has 0 N–H and O–H groups in total. The van der Waals surface area contributed by atoms with Gasteiger partial charge in [-0.25, -0.2) is 0 Å². The molecule has 0 radical (unpaired) electrons. The molecular weight excluding hydrogens is 224 g/mol. The summed E-state index contributed by atoms with van der Waals surface area (Å²) in [4.78, 5) is 10.6. The van der Waals surface area contributed by atoms with E-state index in [1.807, 2.05) is 43.3 Å². The molecule has 1 heterocycles. The summed E-state index contributed by atoms with van der Waals surface area (Å²) < 4.78 is 5.87. The maximum absolute atomic E-state index is 10.6. The van der Waals surface area contributed by atoms with Crippen LogP contribution in [0.4, 0.5) is 0 Å². The molecule has 0 unspecified atom stereocenters. The van der Waals surface area contributed by atoms with Crippen molar-refractivity contribution in [3.63, 3.8) is 0 Å². The van der Waals surface area contributed by atoms with Crippen molar-refractivity contribution in [2.45, 2.75) is 6.92 Å². The summed E-state index contributed by atoms with van der Waals surface area (Å²) in [6, 6.07) is 15.5. The molecule has 0 aliphatic carbocycles. The van der Waals surface area contributed by atoms with Gasteiger partial charge in [-0.1, -0.05) is 42.5 Å². The van der Waals surface area contributed by atoms with Gasteiger partial charge in [0.2, 0.25) is 0 Å². The van der Waals surface area contributed by atoms with Crippen molar-refractivity contribution >= 4 is 17.3 Å². The van der Waals surface area contributed by atoms with Crippen LogP contribution in [-0.2, 0) is 0 Å². The molecule has 1 aromatic heterocycles. The van der Waals surface area contributed by atoms with Gasteiger partial charge in [-0.2, -0.15) is 0 Å². The fourth-order valence-corrected chi connectivity index (χ4v) is 2.08. The Balaban J connectivity index is 2.13. The van der Waals surface area contributed by atoms with Gasteiger partial charge in [-0.15, -0.1) is 0 Å². The Morgan fingerprint density at radius 1 is 1.06 bits per heavy atom. The minimum atomic E-state index is 0.672. The van der Waals surface area contributed by atoms with Crippen LogP contribution in [0.3, 0.4) is 0 Å². The molecule has 18 heavy (non-hydrogen) atoms. The molecule has 2 nitrogen and oxygen atoms in total. The van der Waals surface area contributed by atoms with Gasteiger partial charge in [-0.05, 0) is 18.6 Å². The number of aryl methyl sites for hydroxylation is 1. The smallest absolute Gasteiger partial charge is 0.150 e. The van der Waals surface area contributed by atoms with Gasteiger partial charge < -0.3 is 4.42 Å². The molecule has 0 aliphatic heterocycles. The Bertz CT molecular complexity index is 706. The van der Waals surface area contributed by atoms with Gasteiger partial charge in [0, 0.05) is 16.5 Å². The first-order chi connectivity index (χ1) is 8.78. The average Bonchev–Trinajstić information content (AvgIpc) is 2.84. The van der Waals surface area contributed by atoms with Crippen molar-refractivity contribution in [1.82, 2.24) is 0 Å². The van der Waals surface area contributed by atoms with E-state index in [-0.39, 0.29) is 0 Å². The van der Waals surface area contributed by atoms with Crippen LogP contribution >= 0.6 is 0 Å². The molecular formula is C16H12O2. The van der Waals surface area contributed by atoms with E-state index in [0.29, 0.717) is 5.56 Å². The van der Waals surface area contributed by atoms with Gasteiger partial charge in [0.1, 0.15) is 17.6 Å². The fraction of sp³-hybridized carbons (Fsp3) is 0.0625. The average molecular weight is 236 g/mol. The van der Waals surface area contributed by atoms with Gasteiger partial charge in [-0.3, -0.25) is 4.79 Å². The number of para-hydroxylation sites is 1. The van der Waals surface area contributed by atoms with Crippen molar-refractivity contribution in [2.75, 3.05) is 0 Å². The summed E-state index contributed by atoms with van der Waals surface area (Å²) in [5.74, 6) is 0.830. The number of fused-ring (bicyclic) bond motifs is 1. The van der Waals surface area contributed by atoms with E-state index >= 15 is 0 Å². The number of carbonyl (C=O) groups is 1. The first-order valence-corrected chi connectivity index (χ1v) is 5.83. The lowest BCUT2D eigenvalue weighted by atomic mass is 10.1. The number of carbonyl (C=O) groups excluding carboxylic acids is 1. The first kappa shape index (κ1) is 10.8. The Hall–Kier alpha value is -2.35. The molecule has 0 saturated heterocycles. The van der Waals surface area contributed by atoms with E-state index in [1.54, 1.807) is 12.1 Å². The molecule has 0 amide bonds. The molecule has 88 valence electrons. The standard InChI is InChI=1S/C16H12O2/c1-11-3-2-4-14-9-15(18-16(11)14)13-7-5-12(10-17)6-8-13/h2-10H,1H3. The maximum Gasteiger partial charge on any atom is 0.150 e. The lowest BCUT2D eigenvalue weighted by Gasteiger charge is -1.96. The van der Waals surface area contributed by atoms with Crippen molar-refractivity contribution < 1.29 is 9.21 Å². The second-order valence-electron chi connectivity index (χ2n) is 4.34. The number of aldehydes is 1. The Kier molecular flexibility index (Phi) is 2.49. The second kappa shape index (κ2) is 4.15. The van der Waals surface area contributed by atoms with Gasteiger partial charge >= 0.3 is 0 Å². The van der Waals surface area contributed by atoms with E-state index in [1.165, 1.54) is 0 Å². The zero-order valence-electron chi connectivity index (χ0n) is 10.0. The summed E-state index contributed by atoms with van der Waals surface area (Å²) in [6.45, 7) is 2.03. The maximum atomic E-state index is 10.6. The number of benzene rings is 2. The number of hydrogen-bond donors (Lipinski definition) is 0. The third-order valence-corrected chi connectivity index (χ3v) is 3.07. The third-order valence-electron chi connectivity index (χ3n) is 3.07. The van der Waals surface area contributed by atoms with Crippen LogP contribution in [0.2, 0.25) is 0 Å². The minimum Gasteiger partial charge on any atom is -0.456 e. The highest BCUT2D eigenvalue weighted by Crippen LogP contribution is 2.29. The number of furan rings is 1. The van der Waals surface area contributed by atoms with E-state index in [2.05, 4.69) is 0 Å². The molecule has 2 aromatic carbocycles. The SMILES string of the molecule is Cc1cccc2cc(-c3ccc(C=O)cc3)oc12. The van der Waals surface area contributed by atoms with Gasteiger partial charge in [0.25, 0.3) is 0 Å². The summed E-state index contributed by atoms with van der Waals surface area (Å²) >= 11 is 0. The highest BCUT2D eigenvalue weighted by molar-refractivity contribution is 5.85. The zero-order chi connectivity index (χ0) is 12.5. The Morgan fingerprint density at radius 3 is 2.50 bits per heavy atom. The summed E-state index contributed by atoms with van der Waals surface area (Å²) in [6.07, 6.45) is 0.840. The lowest BCUT2D eigenvalue weighted by Crippen LogP contribution is -1.78. The van der Waals surface area contributed by atoms with Crippen LogP contribution in [0.5, 0.6) is 0 Å². The van der Waals surface area contributed by atoms with Crippen LogP contribution in [0.25, 0.3) is 22.3 Å².